The van der Waals surface area contributed by atoms with Crippen molar-refractivity contribution in [3.8, 4) is 0 Å². The number of aromatic amines is 1. The van der Waals surface area contributed by atoms with Crippen LogP contribution in [-0.2, 0) is 0 Å². The predicted octanol–water partition coefficient (Wildman–Crippen LogP) is 4.59. The molecule has 0 amide bonds. The van der Waals surface area contributed by atoms with Gasteiger partial charge in [0.05, 0.1) is 6.42 Å². The number of nitrogens with one attached hydrogen (secondary N) is 2. The van der Waals surface area contributed by atoms with Gasteiger partial charge in [-0.3, -0.25) is 4.98 Å². The van der Waals surface area contributed by atoms with Crippen molar-refractivity contribution in [2.24, 2.45) is 0 Å². The highest BCUT2D eigenvalue weighted by Crippen LogP contribution is 2.26. The molecule has 26 heavy (non-hydrogen) atoms. The Morgan fingerprint density at radius 1 is 1.31 bits per heavy atom. The molecule has 0 saturated heterocycles. The monoisotopic (exact) mass is 361 g/mol. The Morgan fingerprint density at radius 2 is 2.12 bits per heavy atom. The van der Waals surface area contributed by atoms with Crippen molar-refractivity contribution in [1.82, 2.24) is 19.9 Å². The molecule has 0 fully saturated rings. The highest BCUT2D eigenvalue weighted by atomic mass is 19.4. The topological polar surface area (TPSA) is 66.5 Å². The fourth-order valence-electron chi connectivity index (χ4n) is 2.57. The summed E-state index contributed by atoms with van der Waals surface area (Å²) in [6.45, 7) is 3.73. The molecule has 0 saturated carbocycles. The van der Waals surface area contributed by atoms with E-state index in [1.165, 1.54) is 0 Å². The van der Waals surface area contributed by atoms with Crippen LogP contribution in [0.2, 0.25) is 0 Å². The number of aromatic nitrogens is 4. The first-order valence-corrected chi connectivity index (χ1v) is 8.07. The van der Waals surface area contributed by atoms with E-state index in [1.54, 1.807) is 18.6 Å². The quantitative estimate of drug-likeness (QED) is 0.698. The molecular weight excluding hydrogens is 343 g/mol. The highest BCUT2D eigenvalue weighted by molar-refractivity contribution is 5.94. The van der Waals surface area contributed by atoms with Crippen molar-refractivity contribution in [3.63, 3.8) is 0 Å². The summed E-state index contributed by atoms with van der Waals surface area (Å²) in [6.07, 6.45) is 3.86. The summed E-state index contributed by atoms with van der Waals surface area (Å²) >= 11 is 0. The van der Waals surface area contributed by atoms with Gasteiger partial charge in [0.25, 0.3) is 0 Å². The van der Waals surface area contributed by atoms with E-state index in [0.717, 1.165) is 27.6 Å². The van der Waals surface area contributed by atoms with Gasteiger partial charge in [0, 0.05) is 42.3 Å². The average Bonchev–Trinajstić information content (AvgIpc) is 2.99. The molecule has 0 aromatic carbocycles. The van der Waals surface area contributed by atoms with Crippen LogP contribution in [0.1, 0.15) is 30.0 Å². The van der Waals surface area contributed by atoms with Gasteiger partial charge in [0.1, 0.15) is 5.65 Å². The summed E-state index contributed by atoms with van der Waals surface area (Å²) in [4.78, 5) is 15.5. The van der Waals surface area contributed by atoms with Crippen molar-refractivity contribution in [2.75, 3.05) is 11.9 Å². The highest BCUT2D eigenvalue weighted by Gasteiger charge is 2.26. The Hall–Kier alpha value is -2.90. The number of pyridine rings is 1. The Kier molecular flexibility index (Phi) is 4.92. The Labute approximate surface area is 148 Å². The van der Waals surface area contributed by atoms with Gasteiger partial charge < -0.3 is 10.3 Å². The molecule has 0 aliphatic carbocycles. The molecule has 2 N–H and O–H groups in total. The van der Waals surface area contributed by atoms with Crippen LogP contribution in [-0.4, -0.2) is 32.7 Å². The second-order valence-electron chi connectivity index (χ2n) is 6.01. The largest absolute Gasteiger partial charge is 0.390 e. The van der Waals surface area contributed by atoms with Crippen LogP contribution >= 0.6 is 0 Å². The summed E-state index contributed by atoms with van der Waals surface area (Å²) < 4.78 is 36.6. The molecule has 5 nitrogen and oxygen atoms in total. The van der Waals surface area contributed by atoms with E-state index >= 15 is 0 Å². The minimum absolute atomic E-state index is 0.167. The third-order valence-electron chi connectivity index (χ3n) is 4.00. The van der Waals surface area contributed by atoms with Crippen molar-refractivity contribution < 1.29 is 13.2 Å². The molecule has 0 radical (unpaired) electrons. The van der Waals surface area contributed by atoms with Gasteiger partial charge in [-0.05, 0) is 42.7 Å². The van der Waals surface area contributed by atoms with Crippen molar-refractivity contribution in [2.45, 2.75) is 26.4 Å². The maximum atomic E-state index is 12.2. The van der Waals surface area contributed by atoms with Crippen molar-refractivity contribution >= 4 is 28.6 Å². The molecule has 136 valence electrons. The summed E-state index contributed by atoms with van der Waals surface area (Å²) in [6, 6.07) is 1.94. The smallest absolute Gasteiger partial charge is 0.354 e. The molecular formula is C18H18F3N5. The third kappa shape index (κ3) is 4.19. The second kappa shape index (κ2) is 7.15. The summed E-state index contributed by atoms with van der Waals surface area (Å²) in [5.74, 6) is 0.167. The van der Waals surface area contributed by atoms with Crippen LogP contribution < -0.4 is 5.32 Å². The summed E-state index contributed by atoms with van der Waals surface area (Å²) in [5.41, 5.74) is 4.65. The van der Waals surface area contributed by atoms with Crippen LogP contribution in [0.15, 0.2) is 30.9 Å². The van der Waals surface area contributed by atoms with E-state index < -0.39 is 12.6 Å². The molecule has 0 atom stereocenters. The standard InChI is InChI=1S/C18H18F3N5/c1-11-3-5-22-8-13(11)7-12(2)14-9-24-16-15(14)10-25-17(26-16)23-6-4-18(19,20)21/h3,5,7-10H,4,6H2,1-2H3,(H2,23,24,25,26)/b12-7+. The Balaban J connectivity index is 1.82. The zero-order chi connectivity index (χ0) is 18.7. The van der Waals surface area contributed by atoms with Crippen LogP contribution in [0.4, 0.5) is 19.1 Å². The first kappa shape index (κ1) is 17.9. The first-order valence-electron chi connectivity index (χ1n) is 8.07. The zero-order valence-electron chi connectivity index (χ0n) is 14.4. The van der Waals surface area contributed by atoms with Gasteiger partial charge in [-0.2, -0.15) is 18.2 Å². The molecule has 0 bridgehead atoms. The molecule has 3 aromatic heterocycles. The molecule has 0 spiro atoms. The van der Waals surface area contributed by atoms with E-state index in [0.29, 0.717) is 5.65 Å². The van der Waals surface area contributed by atoms with Gasteiger partial charge in [0.15, 0.2) is 0 Å². The van der Waals surface area contributed by atoms with Crippen LogP contribution in [0.5, 0.6) is 0 Å². The Morgan fingerprint density at radius 3 is 2.85 bits per heavy atom. The number of anilines is 1. The summed E-state index contributed by atoms with van der Waals surface area (Å²) in [5, 5.41) is 3.40. The average molecular weight is 361 g/mol. The SMILES string of the molecule is C/C(=C\c1cnccc1C)c1c[nH]c2nc(NCCC(F)(F)F)ncc12. The number of aryl methyl sites for hydroxylation is 1. The first-order chi connectivity index (χ1) is 12.3. The molecule has 3 aromatic rings. The van der Waals surface area contributed by atoms with Crippen molar-refractivity contribution in [1.29, 1.82) is 0 Å². The van der Waals surface area contributed by atoms with E-state index in [1.807, 2.05) is 32.2 Å². The molecule has 8 heteroatoms. The number of halogens is 3. The number of H-pyrrole nitrogens is 1. The third-order valence-corrected chi connectivity index (χ3v) is 4.00. The lowest BCUT2D eigenvalue weighted by molar-refractivity contribution is -0.131. The molecule has 3 rings (SSSR count). The van der Waals surface area contributed by atoms with E-state index in [4.69, 9.17) is 0 Å². The number of nitrogens with zero attached hydrogens (tertiary/aromatic N) is 3. The van der Waals surface area contributed by atoms with Gasteiger partial charge in [-0.15, -0.1) is 0 Å². The number of hydrogen-bond donors (Lipinski definition) is 2. The lowest BCUT2D eigenvalue weighted by atomic mass is 10.0. The lowest BCUT2D eigenvalue weighted by Crippen LogP contribution is -2.15. The molecule has 0 unspecified atom stereocenters. The minimum Gasteiger partial charge on any atom is -0.354 e. The minimum atomic E-state index is -4.21. The van der Waals surface area contributed by atoms with E-state index in [-0.39, 0.29) is 12.5 Å². The second-order valence-corrected chi connectivity index (χ2v) is 6.01. The van der Waals surface area contributed by atoms with Crippen LogP contribution in [0.25, 0.3) is 22.7 Å². The van der Waals surface area contributed by atoms with Gasteiger partial charge in [-0.25, -0.2) is 4.98 Å². The van der Waals surface area contributed by atoms with Gasteiger partial charge in [-0.1, -0.05) is 0 Å². The number of hydrogen-bond acceptors (Lipinski definition) is 4. The van der Waals surface area contributed by atoms with Crippen molar-refractivity contribution in [3.05, 3.63) is 47.5 Å². The normalized spacial score (nSPS) is 12.6. The van der Waals surface area contributed by atoms with Crippen LogP contribution in [0.3, 0.4) is 0 Å². The fourth-order valence-corrected chi connectivity index (χ4v) is 2.57. The molecule has 3 heterocycles. The number of rotatable bonds is 5. The van der Waals surface area contributed by atoms with Gasteiger partial charge in [0.2, 0.25) is 5.95 Å². The Bertz CT molecular complexity index is 943. The summed E-state index contributed by atoms with van der Waals surface area (Å²) in [7, 11) is 0. The number of alkyl halides is 3. The number of fused-ring (bicyclic) bond motifs is 1. The maximum absolute atomic E-state index is 12.2. The lowest BCUT2D eigenvalue weighted by Gasteiger charge is -2.07. The maximum Gasteiger partial charge on any atom is 0.390 e. The van der Waals surface area contributed by atoms with E-state index in [9.17, 15) is 13.2 Å². The zero-order valence-corrected chi connectivity index (χ0v) is 14.4. The van der Waals surface area contributed by atoms with E-state index in [2.05, 4.69) is 25.3 Å². The molecule has 0 aliphatic heterocycles. The predicted molar refractivity (Wildman–Crippen MR) is 95.6 cm³/mol. The number of allylic oxidation sites excluding steroid dienone is 1. The van der Waals surface area contributed by atoms with Gasteiger partial charge >= 0.3 is 6.18 Å². The van der Waals surface area contributed by atoms with Crippen LogP contribution in [0, 0.1) is 6.92 Å². The fraction of sp³-hybridized carbons (Fsp3) is 0.278. The molecule has 0 aliphatic rings.